The van der Waals surface area contributed by atoms with E-state index < -0.39 is 0 Å². The monoisotopic (exact) mass is 420 g/mol. The van der Waals surface area contributed by atoms with Crippen molar-refractivity contribution in [3.63, 3.8) is 0 Å². The molecule has 2 aromatic rings. The minimum absolute atomic E-state index is 0.0229. The molecule has 1 aliphatic heterocycles. The summed E-state index contributed by atoms with van der Waals surface area (Å²) in [7, 11) is 3.34. The second-order valence-electron chi connectivity index (χ2n) is 6.19. The minimum atomic E-state index is -0.0896. The van der Waals surface area contributed by atoms with E-state index in [0.29, 0.717) is 54.2 Å². The maximum absolute atomic E-state index is 12.6. The third-order valence-electron chi connectivity index (χ3n) is 4.42. The van der Waals surface area contributed by atoms with Crippen molar-refractivity contribution in [2.45, 2.75) is 0 Å². The summed E-state index contributed by atoms with van der Waals surface area (Å²) in [4.78, 5) is 29.0. The van der Waals surface area contributed by atoms with Crippen LogP contribution in [-0.2, 0) is 7.05 Å². The van der Waals surface area contributed by atoms with Crippen molar-refractivity contribution in [1.29, 1.82) is 0 Å². The predicted octanol–water partition coefficient (Wildman–Crippen LogP) is 1.83. The Morgan fingerprint density at radius 2 is 1.88 bits per heavy atom. The molecule has 1 fully saturated rings. The number of ether oxygens (including phenoxy) is 1. The lowest BCUT2D eigenvalue weighted by Gasteiger charge is -2.34. The van der Waals surface area contributed by atoms with Crippen molar-refractivity contribution in [1.82, 2.24) is 19.6 Å². The summed E-state index contributed by atoms with van der Waals surface area (Å²) < 4.78 is 7.56. The van der Waals surface area contributed by atoms with Crippen molar-refractivity contribution < 1.29 is 14.3 Å². The molecule has 8 heteroatoms. The van der Waals surface area contributed by atoms with Gasteiger partial charge in [-0.1, -0.05) is 12.1 Å². The number of aryl methyl sites for hydroxylation is 1. The average molecular weight is 421 g/mol. The molecule has 26 heavy (non-hydrogen) atoms. The van der Waals surface area contributed by atoms with Crippen LogP contribution in [0, 0.1) is 0 Å². The Labute approximate surface area is 160 Å². The molecule has 0 radical (unpaired) electrons. The van der Waals surface area contributed by atoms with Gasteiger partial charge in [-0.3, -0.25) is 19.2 Å². The Balaban J connectivity index is 1.58. The summed E-state index contributed by atoms with van der Waals surface area (Å²) >= 11 is 3.37. The molecule has 0 unspecified atom stereocenters. The van der Waals surface area contributed by atoms with Crippen molar-refractivity contribution in [2.24, 2.45) is 7.05 Å². The molecule has 1 aromatic carbocycles. The fourth-order valence-electron chi connectivity index (χ4n) is 3.03. The molecule has 0 N–H and O–H groups in total. The molecular formula is C18H21BrN4O3. The first-order valence-corrected chi connectivity index (χ1v) is 9.16. The van der Waals surface area contributed by atoms with E-state index in [2.05, 4.69) is 25.9 Å². The molecule has 138 valence electrons. The number of rotatable bonds is 5. The van der Waals surface area contributed by atoms with Crippen LogP contribution in [0.25, 0.3) is 0 Å². The van der Waals surface area contributed by atoms with Crippen molar-refractivity contribution >= 4 is 27.6 Å². The van der Waals surface area contributed by atoms with Gasteiger partial charge in [-0.15, -0.1) is 0 Å². The first kappa shape index (κ1) is 18.6. The molecular weight excluding hydrogens is 400 g/mol. The van der Waals surface area contributed by atoms with E-state index in [0.717, 1.165) is 0 Å². The molecule has 0 aliphatic carbocycles. The minimum Gasteiger partial charge on any atom is -0.496 e. The zero-order chi connectivity index (χ0) is 18.7. The van der Waals surface area contributed by atoms with Gasteiger partial charge < -0.3 is 9.64 Å². The number of nitrogens with zero attached hydrogens (tertiary/aromatic N) is 4. The summed E-state index contributed by atoms with van der Waals surface area (Å²) in [6, 6.07) is 7.24. The van der Waals surface area contributed by atoms with Gasteiger partial charge in [0.2, 0.25) is 0 Å². The van der Waals surface area contributed by atoms with Gasteiger partial charge in [-0.2, -0.15) is 5.10 Å². The number of benzene rings is 1. The van der Waals surface area contributed by atoms with Crippen LogP contribution in [0.4, 0.5) is 0 Å². The number of aromatic nitrogens is 2. The van der Waals surface area contributed by atoms with Crippen molar-refractivity contribution in [3.05, 3.63) is 46.2 Å². The van der Waals surface area contributed by atoms with Crippen LogP contribution in [0.5, 0.6) is 5.75 Å². The van der Waals surface area contributed by atoms with Gasteiger partial charge in [0.05, 0.1) is 23.7 Å². The van der Waals surface area contributed by atoms with Crippen LogP contribution in [0.3, 0.4) is 0 Å². The average Bonchev–Trinajstić information content (AvgIpc) is 2.99. The Kier molecular flexibility index (Phi) is 5.73. The lowest BCUT2D eigenvalue weighted by Crippen LogP contribution is -2.50. The number of para-hydroxylation sites is 1. The van der Waals surface area contributed by atoms with Gasteiger partial charge >= 0.3 is 0 Å². The highest BCUT2D eigenvalue weighted by Gasteiger charge is 2.26. The van der Waals surface area contributed by atoms with Crippen LogP contribution >= 0.6 is 15.9 Å². The largest absolute Gasteiger partial charge is 0.496 e. The highest BCUT2D eigenvalue weighted by Crippen LogP contribution is 2.20. The van der Waals surface area contributed by atoms with Crippen molar-refractivity contribution in [3.8, 4) is 5.75 Å². The first-order chi connectivity index (χ1) is 12.5. The van der Waals surface area contributed by atoms with Gasteiger partial charge in [-0.25, -0.2) is 0 Å². The SMILES string of the molecule is COc1ccccc1C(=O)CN1CCN(C(=O)c2nn(C)cc2Br)CC1. The highest BCUT2D eigenvalue weighted by atomic mass is 79.9. The van der Waals surface area contributed by atoms with Gasteiger partial charge in [0, 0.05) is 39.4 Å². The topological polar surface area (TPSA) is 67.7 Å². The number of carbonyl (C=O) groups excluding carboxylic acids is 2. The number of Topliss-reactive ketones (excluding diaryl/α,β-unsaturated/α-hetero) is 1. The number of hydrogen-bond donors (Lipinski definition) is 0. The third-order valence-corrected chi connectivity index (χ3v) is 5.00. The number of amides is 1. The normalized spacial score (nSPS) is 15.1. The van der Waals surface area contributed by atoms with Gasteiger partial charge in [0.25, 0.3) is 5.91 Å². The highest BCUT2D eigenvalue weighted by molar-refractivity contribution is 9.10. The second kappa shape index (κ2) is 8.01. The third kappa shape index (κ3) is 3.96. The van der Waals surface area contributed by atoms with Crippen molar-refractivity contribution in [2.75, 3.05) is 39.8 Å². The molecule has 1 aromatic heterocycles. The summed E-state index contributed by atoms with van der Waals surface area (Å²) in [6.07, 6.45) is 1.76. The van der Waals surface area contributed by atoms with E-state index in [1.54, 1.807) is 42.1 Å². The Hall–Kier alpha value is -2.19. The summed E-state index contributed by atoms with van der Waals surface area (Å²) in [5.74, 6) is 0.522. The van der Waals surface area contributed by atoms with E-state index in [4.69, 9.17) is 4.74 Å². The fourth-order valence-corrected chi connectivity index (χ4v) is 3.57. The maximum atomic E-state index is 12.6. The zero-order valence-electron chi connectivity index (χ0n) is 14.8. The standard InChI is InChI=1S/C18H21BrN4O3/c1-21-11-14(19)17(20-21)18(25)23-9-7-22(8-10-23)12-15(24)13-5-3-4-6-16(13)26-2/h3-6,11H,7-10,12H2,1-2H3. The number of halogens is 1. The molecule has 0 bridgehead atoms. The molecule has 0 saturated carbocycles. The second-order valence-corrected chi connectivity index (χ2v) is 7.05. The molecule has 1 aliphatic rings. The molecule has 3 rings (SSSR count). The van der Waals surface area contributed by atoms with Gasteiger partial charge in [-0.05, 0) is 28.1 Å². The number of carbonyl (C=O) groups is 2. The summed E-state index contributed by atoms with van der Waals surface area (Å²) in [6.45, 7) is 2.76. The Morgan fingerprint density at radius 1 is 1.19 bits per heavy atom. The molecule has 0 spiro atoms. The van der Waals surface area contributed by atoms with E-state index in [9.17, 15) is 9.59 Å². The lowest BCUT2D eigenvalue weighted by molar-refractivity contribution is 0.0617. The van der Waals surface area contributed by atoms with Crippen LogP contribution in [0.15, 0.2) is 34.9 Å². The zero-order valence-corrected chi connectivity index (χ0v) is 16.4. The van der Waals surface area contributed by atoms with Crippen LogP contribution in [0.1, 0.15) is 20.8 Å². The smallest absolute Gasteiger partial charge is 0.275 e. The molecule has 7 nitrogen and oxygen atoms in total. The molecule has 0 atom stereocenters. The number of methoxy groups -OCH3 is 1. The summed E-state index contributed by atoms with van der Waals surface area (Å²) in [5, 5.41) is 4.21. The summed E-state index contributed by atoms with van der Waals surface area (Å²) in [5.41, 5.74) is 1.01. The number of hydrogen-bond acceptors (Lipinski definition) is 5. The van der Waals surface area contributed by atoms with Crippen LogP contribution in [0.2, 0.25) is 0 Å². The quantitative estimate of drug-likeness (QED) is 0.690. The Morgan fingerprint density at radius 3 is 2.50 bits per heavy atom. The molecule has 1 amide bonds. The van der Waals surface area contributed by atoms with Crippen LogP contribution in [-0.4, -0.2) is 71.1 Å². The first-order valence-electron chi connectivity index (χ1n) is 8.36. The van der Waals surface area contributed by atoms with Gasteiger partial charge in [0.1, 0.15) is 5.75 Å². The van der Waals surface area contributed by atoms with Crippen LogP contribution < -0.4 is 4.74 Å². The lowest BCUT2D eigenvalue weighted by atomic mass is 10.1. The maximum Gasteiger partial charge on any atom is 0.275 e. The van der Waals surface area contributed by atoms with Gasteiger partial charge in [0.15, 0.2) is 11.5 Å². The van der Waals surface area contributed by atoms with E-state index in [1.807, 2.05) is 12.1 Å². The fraction of sp³-hybridized carbons (Fsp3) is 0.389. The molecule has 1 saturated heterocycles. The van der Waals surface area contributed by atoms with E-state index >= 15 is 0 Å². The molecule has 2 heterocycles. The number of ketones is 1. The van der Waals surface area contributed by atoms with E-state index in [-0.39, 0.29) is 11.7 Å². The Bertz CT molecular complexity index is 813. The van der Waals surface area contributed by atoms with E-state index in [1.165, 1.54) is 0 Å². The predicted molar refractivity (Wildman–Crippen MR) is 101 cm³/mol. The number of piperazine rings is 1.